The molecule has 2 aromatic carbocycles. The Morgan fingerprint density at radius 2 is 1.95 bits per heavy atom. The van der Waals surface area contributed by atoms with Crippen molar-refractivity contribution in [1.29, 1.82) is 0 Å². The maximum absolute atomic E-state index is 4.73. The standard InChI is InChI=1S/C18H21N3/c1-13-7-6-8-14(11-13)12-16(19-2)18-15-9-4-5-10-17(15)21(3)20-18/h4-11,16,19H,12H2,1-3H3. The van der Waals surface area contributed by atoms with E-state index in [1.807, 2.05) is 18.8 Å². The van der Waals surface area contributed by atoms with Crippen molar-refractivity contribution in [3.63, 3.8) is 0 Å². The molecule has 0 saturated carbocycles. The molecule has 0 saturated heterocycles. The summed E-state index contributed by atoms with van der Waals surface area (Å²) in [7, 11) is 4.01. The summed E-state index contributed by atoms with van der Waals surface area (Å²) in [4.78, 5) is 0. The van der Waals surface area contributed by atoms with Crippen molar-refractivity contribution >= 4 is 10.9 Å². The lowest BCUT2D eigenvalue weighted by atomic mass is 10.00. The Morgan fingerprint density at radius 1 is 1.14 bits per heavy atom. The number of nitrogens with one attached hydrogen (secondary N) is 1. The smallest absolute Gasteiger partial charge is 0.0875 e. The molecular formula is C18H21N3. The van der Waals surface area contributed by atoms with E-state index in [9.17, 15) is 0 Å². The first-order valence-corrected chi connectivity index (χ1v) is 7.33. The van der Waals surface area contributed by atoms with Gasteiger partial charge in [-0.1, -0.05) is 48.0 Å². The Hall–Kier alpha value is -2.13. The minimum absolute atomic E-state index is 0.220. The molecular weight excluding hydrogens is 258 g/mol. The molecule has 0 bridgehead atoms. The number of hydrogen-bond donors (Lipinski definition) is 1. The van der Waals surface area contributed by atoms with Crippen molar-refractivity contribution < 1.29 is 0 Å². The number of benzene rings is 2. The topological polar surface area (TPSA) is 29.9 Å². The molecule has 3 nitrogen and oxygen atoms in total. The van der Waals surface area contributed by atoms with Gasteiger partial charge in [-0.15, -0.1) is 0 Å². The number of aromatic nitrogens is 2. The van der Waals surface area contributed by atoms with Gasteiger partial charge in [0.05, 0.1) is 17.3 Å². The lowest BCUT2D eigenvalue weighted by molar-refractivity contribution is 0.567. The van der Waals surface area contributed by atoms with Crippen molar-refractivity contribution in [3.8, 4) is 0 Å². The Morgan fingerprint density at radius 3 is 2.71 bits per heavy atom. The molecule has 0 radical (unpaired) electrons. The van der Waals surface area contributed by atoms with Crippen LogP contribution < -0.4 is 5.32 Å². The van der Waals surface area contributed by atoms with Crippen molar-refractivity contribution in [3.05, 3.63) is 65.4 Å². The number of nitrogens with zero attached hydrogens (tertiary/aromatic N) is 2. The molecule has 1 unspecified atom stereocenters. The van der Waals surface area contributed by atoms with Crippen LogP contribution >= 0.6 is 0 Å². The molecule has 3 heteroatoms. The highest BCUT2D eigenvalue weighted by Gasteiger charge is 2.17. The van der Waals surface area contributed by atoms with E-state index in [1.165, 1.54) is 22.0 Å². The van der Waals surface area contributed by atoms with E-state index in [0.29, 0.717) is 0 Å². The van der Waals surface area contributed by atoms with Gasteiger partial charge in [-0.3, -0.25) is 4.68 Å². The maximum Gasteiger partial charge on any atom is 0.0875 e. The Bertz CT molecular complexity index is 758. The minimum atomic E-state index is 0.220. The molecule has 0 aliphatic heterocycles. The lowest BCUT2D eigenvalue weighted by Gasteiger charge is -2.15. The zero-order valence-electron chi connectivity index (χ0n) is 12.8. The van der Waals surface area contributed by atoms with Gasteiger partial charge >= 0.3 is 0 Å². The van der Waals surface area contributed by atoms with Crippen molar-refractivity contribution in [1.82, 2.24) is 15.1 Å². The van der Waals surface area contributed by atoms with E-state index >= 15 is 0 Å². The molecule has 1 aromatic heterocycles. The second-order valence-electron chi connectivity index (χ2n) is 5.56. The van der Waals surface area contributed by atoms with Gasteiger partial charge in [-0.2, -0.15) is 5.10 Å². The number of aryl methyl sites for hydroxylation is 2. The first-order chi connectivity index (χ1) is 10.2. The van der Waals surface area contributed by atoms with Crippen LogP contribution in [-0.4, -0.2) is 16.8 Å². The van der Waals surface area contributed by atoms with E-state index in [4.69, 9.17) is 5.10 Å². The summed E-state index contributed by atoms with van der Waals surface area (Å²) in [5.74, 6) is 0. The van der Waals surface area contributed by atoms with Crippen LogP contribution in [-0.2, 0) is 13.5 Å². The van der Waals surface area contributed by atoms with Crippen LogP contribution in [0.15, 0.2) is 48.5 Å². The molecule has 0 spiro atoms. The third-order valence-corrected chi connectivity index (χ3v) is 3.99. The summed E-state index contributed by atoms with van der Waals surface area (Å²) in [6.45, 7) is 2.13. The van der Waals surface area contributed by atoms with Gasteiger partial charge in [0.15, 0.2) is 0 Å². The van der Waals surface area contributed by atoms with Crippen LogP contribution in [0.2, 0.25) is 0 Å². The second-order valence-corrected chi connectivity index (χ2v) is 5.56. The summed E-state index contributed by atoms with van der Waals surface area (Å²) in [5, 5.41) is 9.38. The average molecular weight is 279 g/mol. The van der Waals surface area contributed by atoms with Crippen LogP contribution in [0.25, 0.3) is 10.9 Å². The summed E-state index contributed by atoms with van der Waals surface area (Å²) < 4.78 is 1.96. The van der Waals surface area contributed by atoms with Crippen LogP contribution in [0, 0.1) is 6.92 Å². The number of rotatable bonds is 4. The van der Waals surface area contributed by atoms with Crippen LogP contribution in [0.4, 0.5) is 0 Å². The summed E-state index contributed by atoms with van der Waals surface area (Å²) in [6, 6.07) is 17.3. The maximum atomic E-state index is 4.73. The van der Waals surface area contributed by atoms with Crippen LogP contribution in [0.1, 0.15) is 22.9 Å². The highest BCUT2D eigenvalue weighted by atomic mass is 15.3. The highest BCUT2D eigenvalue weighted by Crippen LogP contribution is 2.25. The predicted molar refractivity (Wildman–Crippen MR) is 87.4 cm³/mol. The molecule has 0 fully saturated rings. The molecule has 0 aliphatic rings. The zero-order chi connectivity index (χ0) is 14.8. The van der Waals surface area contributed by atoms with Crippen LogP contribution in [0.3, 0.4) is 0 Å². The fourth-order valence-electron chi connectivity index (χ4n) is 2.91. The fraction of sp³-hybridized carbons (Fsp3) is 0.278. The monoisotopic (exact) mass is 279 g/mol. The summed E-state index contributed by atoms with van der Waals surface area (Å²) in [6.07, 6.45) is 0.944. The molecule has 1 atom stereocenters. The first kappa shape index (κ1) is 13.8. The SMILES string of the molecule is CNC(Cc1cccc(C)c1)c1nn(C)c2ccccc12. The van der Waals surface area contributed by atoms with Crippen molar-refractivity contribution in [2.45, 2.75) is 19.4 Å². The summed E-state index contributed by atoms with van der Waals surface area (Å²) in [5.41, 5.74) is 4.94. The predicted octanol–water partition coefficient (Wildman–Crippen LogP) is 3.38. The average Bonchev–Trinajstić information content (AvgIpc) is 2.83. The van der Waals surface area contributed by atoms with E-state index in [2.05, 4.69) is 60.8 Å². The zero-order valence-corrected chi connectivity index (χ0v) is 12.8. The number of hydrogen-bond acceptors (Lipinski definition) is 2. The normalized spacial score (nSPS) is 12.7. The van der Waals surface area contributed by atoms with Gasteiger partial charge in [0.1, 0.15) is 0 Å². The fourth-order valence-corrected chi connectivity index (χ4v) is 2.91. The quantitative estimate of drug-likeness (QED) is 0.793. The van der Waals surface area contributed by atoms with Gasteiger partial charge in [0, 0.05) is 12.4 Å². The summed E-state index contributed by atoms with van der Waals surface area (Å²) >= 11 is 0. The van der Waals surface area contributed by atoms with Gasteiger partial charge in [-0.25, -0.2) is 0 Å². The van der Waals surface area contributed by atoms with Gasteiger partial charge in [0.2, 0.25) is 0 Å². The largest absolute Gasteiger partial charge is 0.311 e. The molecule has 3 rings (SSSR count). The Labute approximate surface area is 125 Å². The molecule has 3 aromatic rings. The van der Waals surface area contributed by atoms with E-state index < -0.39 is 0 Å². The Balaban J connectivity index is 1.99. The van der Waals surface area contributed by atoms with Crippen molar-refractivity contribution in [2.24, 2.45) is 7.05 Å². The van der Waals surface area contributed by atoms with Gasteiger partial charge in [0.25, 0.3) is 0 Å². The Kier molecular flexibility index (Phi) is 3.76. The van der Waals surface area contributed by atoms with Crippen molar-refractivity contribution in [2.75, 3.05) is 7.05 Å². The minimum Gasteiger partial charge on any atom is -0.311 e. The molecule has 0 amide bonds. The molecule has 1 heterocycles. The third kappa shape index (κ3) is 2.69. The van der Waals surface area contributed by atoms with Crippen LogP contribution in [0.5, 0.6) is 0 Å². The van der Waals surface area contributed by atoms with E-state index in [1.54, 1.807) is 0 Å². The molecule has 21 heavy (non-hydrogen) atoms. The third-order valence-electron chi connectivity index (χ3n) is 3.99. The number of para-hydroxylation sites is 1. The second kappa shape index (κ2) is 5.70. The van der Waals surface area contributed by atoms with Gasteiger partial charge < -0.3 is 5.32 Å². The molecule has 108 valence electrons. The lowest BCUT2D eigenvalue weighted by Crippen LogP contribution is -2.20. The highest BCUT2D eigenvalue weighted by molar-refractivity contribution is 5.82. The first-order valence-electron chi connectivity index (χ1n) is 7.33. The molecule has 1 N–H and O–H groups in total. The van der Waals surface area contributed by atoms with Gasteiger partial charge in [-0.05, 0) is 32.0 Å². The molecule has 0 aliphatic carbocycles. The number of likely N-dealkylation sites (N-methyl/N-ethyl adjacent to an activating group) is 1. The van der Waals surface area contributed by atoms with E-state index in [-0.39, 0.29) is 6.04 Å². The van der Waals surface area contributed by atoms with E-state index in [0.717, 1.165) is 12.1 Å². The number of fused-ring (bicyclic) bond motifs is 1.